The molecule has 2 aromatic heterocycles. The molecule has 4 heterocycles. The monoisotopic (exact) mass is 353 g/mol. The van der Waals surface area contributed by atoms with Gasteiger partial charge in [-0.25, -0.2) is 4.98 Å². The van der Waals surface area contributed by atoms with Crippen molar-refractivity contribution in [1.29, 1.82) is 0 Å². The minimum absolute atomic E-state index is 0.212. The number of nitrogens with zero attached hydrogens (tertiary/aromatic N) is 5. The number of aromatic nitrogens is 4. The number of fused-ring (bicyclic) bond motifs is 3. The zero-order valence-corrected chi connectivity index (χ0v) is 14.5. The molecule has 1 aromatic carbocycles. The Balaban J connectivity index is 1.68. The van der Waals surface area contributed by atoms with Crippen LogP contribution in [0.4, 0.5) is 5.95 Å². The van der Waals surface area contributed by atoms with Gasteiger partial charge in [-0.2, -0.15) is 9.50 Å². The molecule has 26 heavy (non-hydrogen) atoms. The molecule has 1 N–H and O–H groups in total. The highest BCUT2D eigenvalue weighted by Crippen LogP contribution is 2.35. The number of phenolic OH excluding ortho intramolecular Hbond substituents is 1. The minimum Gasteiger partial charge on any atom is -0.507 e. The van der Waals surface area contributed by atoms with Crippen LogP contribution in [0.15, 0.2) is 18.2 Å². The van der Waals surface area contributed by atoms with E-state index in [1.165, 1.54) is 0 Å². The molecule has 2 aliphatic rings. The van der Waals surface area contributed by atoms with Gasteiger partial charge in [-0.15, -0.1) is 5.10 Å². The van der Waals surface area contributed by atoms with Crippen molar-refractivity contribution in [2.75, 3.05) is 31.2 Å². The lowest BCUT2D eigenvalue weighted by Gasteiger charge is -2.25. The molecule has 0 radical (unpaired) electrons. The first kappa shape index (κ1) is 15.5. The fourth-order valence-electron chi connectivity index (χ4n) is 3.49. The van der Waals surface area contributed by atoms with Crippen molar-refractivity contribution in [2.45, 2.75) is 20.1 Å². The summed E-state index contributed by atoms with van der Waals surface area (Å²) >= 11 is 0. The lowest BCUT2D eigenvalue weighted by Crippen LogP contribution is -2.36. The Morgan fingerprint density at radius 1 is 1.08 bits per heavy atom. The molecule has 1 saturated heterocycles. The molecule has 0 spiro atoms. The zero-order chi connectivity index (χ0) is 17.7. The predicted octanol–water partition coefficient (Wildman–Crippen LogP) is 1.67. The summed E-state index contributed by atoms with van der Waals surface area (Å²) in [6.07, 6.45) is 0. The first-order valence-electron chi connectivity index (χ1n) is 8.69. The molecule has 0 amide bonds. The second-order valence-corrected chi connectivity index (χ2v) is 6.62. The second kappa shape index (κ2) is 5.93. The number of aromatic hydroxyl groups is 1. The van der Waals surface area contributed by atoms with Crippen LogP contribution in [0.3, 0.4) is 0 Å². The highest BCUT2D eigenvalue weighted by molar-refractivity contribution is 5.72. The van der Waals surface area contributed by atoms with E-state index in [2.05, 4.69) is 15.0 Å². The zero-order valence-electron chi connectivity index (χ0n) is 14.5. The van der Waals surface area contributed by atoms with Crippen molar-refractivity contribution in [3.05, 3.63) is 35.0 Å². The first-order valence-corrected chi connectivity index (χ1v) is 8.69. The van der Waals surface area contributed by atoms with E-state index in [-0.39, 0.29) is 5.75 Å². The van der Waals surface area contributed by atoms with E-state index >= 15 is 0 Å². The van der Waals surface area contributed by atoms with E-state index in [0.717, 1.165) is 29.9 Å². The molecule has 3 aromatic rings. The summed E-state index contributed by atoms with van der Waals surface area (Å²) in [6, 6.07) is 5.60. The number of ether oxygens (including phenoxy) is 2. The Morgan fingerprint density at radius 3 is 2.73 bits per heavy atom. The Kier molecular flexibility index (Phi) is 3.54. The largest absolute Gasteiger partial charge is 0.507 e. The van der Waals surface area contributed by atoms with Crippen molar-refractivity contribution in [1.82, 2.24) is 19.6 Å². The maximum atomic E-state index is 10.4. The highest BCUT2D eigenvalue weighted by atomic mass is 16.5. The fraction of sp³-hybridized carbons (Fsp3) is 0.389. The van der Waals surface area contributed by atoms with Crippen LogP contribution in [0.2, 0.25) is 0 Å². The van der Waals surface area contributed by atoms with Crippen LogP contribution in [-0.2, 0) is 22.7 Å². The Morgan fingerprint density at radius 2 is 1.92 bits per heavy atom. The van der Waals surface area contributed by atoms with E-state index in [1.54, 1.807) is 10.6 Å². The molecule has 5 rings (SSSR count). The topological polar surface area (TPSA) is 85.0 Å². The van der Waals surface area contributed by atoms with Gasteiger partial charge in [0.2, 0.25) is 5.95 Å². The van der Waals surface area contributed by atoms with Crippen molar-refractivity contribution in [2.24, 2.45) is 0 Å². The third-order valence-electron chi connectivity index (χ3n) is 4.87. The van der Waals surface area contributed by atoms with E-state index in [9.17, 15) is 5.11 Å². The lowest BCUT2D eigenvalue weighted by molar-refractivity contribution is 0.122. The standard InChI is InChI=1S/C18H19N5O3/c1-11-2-3-12(15(24)8-11)16-13-9-26-10-14(13)23-17(19-16)20-18(21-23)22-4-6-25-7-5-22/h2-3,8,24H,4-7,9-10H2,1H3. The average molecular weight is 353 g/mol. The fourth-order valence-corrected chi connectivity index (χ4v) is 3.49. The summed E-state index contributed by atoms with van der Waals surface area (Å²) in [4.78, 5) is 11.4. The quantitative estimate of drug-likeness (QED) is 0.750. The van der Waals surface area contributed by atoms with Gasteiger partial charge in [-0.05, 0) is 24.6 Å². The molecule has 2 aliphatic heterocycles. The van der Waals surface area contributed by atoms with Gasteiger partial charge in [0, 0.05) is 24.2 Å². The van der Waals surface area contributed by atoms with Crippen molar-refractivity contribution >= 4 is 11.7 Å². The normalized spacial score (nSPS) is 17.0. The van der Waals surface area contributed by atoms with Crippen LogP contribution in [-0.4, -0.2) is 51.0 Å². The van der Waals surface area contributed by atoms with Crippen molar-refractivity contribution < 1.29 is 14.6 Å². The van der Waals surface area contributed by atoms with Gasteiger partial charge in [0.25, 0.3) is 5.78 Å². The number of anilines is 1. The highest BCUT2D eigenvalue weighted by Gasteiger charge is 2.26. The molecule has 0 aliphatic carbocycles. The molecular weight excluding hydrogens is 334 g/mol. The van der Waals surface area contributed by atoms with Gasteiger partial charge < -0.3 is 19.5 Å². The molecule has 0 unspecified atom stereocenters. The van der Waals surface area contributed by atoms with Crippen molar-refractivity contribution in [3.8, 4) is 17.0 Å². The van der Waals surface area contributed by atoms with Gasteiger partial charge in [0.15, 0.2) is 0 Å². The van der Waals surface area contributed by atoms with Crippen LogP contribution in [0.25, 0.3) is 17.0 Å². The number of hydrogen-bond donors (Lipinski definition) is 1. The summed E-state index contributed by atoms with van der Waals surface area (Å²) in [5.41, 5.74) is 4.29. The molecule has 8 nitrogen and oxygen atoms in total. The summed E-state index contributed by atoms with van der Waals surface area (Å²) < 4.78 is 12.8. The van der Waals surface area contributed by atoms with Gasteiger partial charge in [-0.3, -0.25) is 0 Å². The number of aryl methyl sites for hydroxylation is 1. The maximum absolute atomic E-state index is 10.4. The summed E-state index contributed by atoms with van der Waals surface area (Å²) in [5, 5.41) is 15.1. The number of benzene rings is 1. The van der Waals surface area contributed by atoms with E-state index < -0.39 is 0 Å². The van der Waals surface area contributed by atoms with Crippen molar-refractivity contribution in [3.63, 3.8) is 0 Å². The molecule has 0 bridgehead atoms. The number of hydrogen-bond acceptors (Lipinski definition) is 7. The maximum Gasteiger partial charge on any atom is 0.254 e. The molecule has 134 valence electrons. The predicted molar refractivity (Wildman–Crippen MR) is 94.1 cm³/mol. The lowest BCUT2D eigenvalue weighted by atomic mass is 10.0. The molecule has 8 heteroatoms. The Hall–Kier alpha value is -2.71. The van der Waals surface area contributed by atoms with E-state index in [0.29, 0.717) is 49.4 Å². The third-order valence-corrected chi connectivity index (χ3v) is 4.87. The SMILES string of the molecule is Cc1ccc(-c2nc3nc(N4CCOCC4)nn3c3c2COC3)c(O)c1. The van der Waals surface area contributed by atoms with Gasteiger partial charge in [0.1, 0.15) is 5.75 Å². The average Bonchev–Trinajstić information content (AvgIpc) is 3.28. The molecule has 0 atom stereocenters. The third kappa shape index (κ3) is 2.41. The van der Waals surface area contributed by atoms with E-state index in [1.807, 2.05) is 19.1 Å². The smallest absolute Gasteiger partial charge is 0.254 e. The molecule has 0 saturated carbocycles. The van der Waals surface area contributed by atoms with Crippen LogP contribution in [0.1, 0.15) is 16.8 Å². The first-order chi connectivity index (χ1) is 12.7. The van der Waals surface area contributed by atoms with E-state index in [4.69, 9.17) is 14.5 Å². The summed E-state index contributed by atoms with van der Waals surface area (Å²) in [6.45, 7) is 5.73. The number of rotatable bonds is 2. The number of phenols is 1. The Labute approximate surface area is 150 Å². The van der Waals surface area contributed by atoms with Gasteiger partial charge >= 0.3 is 0 Å². The number of morpholine rings is 1. The second-order valence-electron chi connectivity index (χ2n) is 6.62. The summed E-state index contributed by atoms with van der Waals surface area (Å²) in [7, 11) is 0. The van der Waals surface area contributed by atoms with Gasteiger partial charge in [-0.1, -0.05) is 6.07 Å². The van der Waals surface area contributed by atoms with Crippen LogP contribution >= 0.6 is 0 Å². The van der Waals surface area contributed by atoms with Crippen LogP contribution in [0.5, 0.6) is 5.75 Å². The van der Waals surface area contributed by atoms with Crippen LogP contribution in [0, 0.1) is 6.92 Å². The molecule has 1 fully saturated rings. The van der Waals surface area contributed by atoms with Gasteiger partial charge in [0.05, 0.1) is 37.8 Å². The summed E-state index contributed by atoms with van der Waals surface area (Å²) in [5.74, 6) is 1.38. The molecular formula is C18H19N5O3. The van der Waals surface area contributed by atoms with Crippen LogP contribution < -0.4 is 4.90 Å². The Bertz CT molecular complexity index is 994. The minimum atomic E-state index is 0.212.